The first-order valence-electron chi connectivity index (χ1n) is 6.85. The number of nitrogens with zero attached hydrogens (tertiary/aromatic N) is 1. The molecular weight excluding hydrogens is 338 g/mol. The first kappa shape index (κ1) is 17.4. The number of nitrogens with one attached hydrogen (secondary N) is 2. The maximum atomic E-state index is 12.0. The number of aryl methyl sites for hydroxylation is 1. The monoisotopic (exact) mass is 353 g/mol. The number of carbonyl (C=O) groups excluding carboxylic acids is 2. The third-order valence-electron chi connectivity index (χ3n) is 2.82. The fourth-order valence-electron chi connectivity index (χ4n) is 1.69. The van der Waals surface area contributed by atoms with E-state index in [1.807, 2.05) is 0 Å². The van der Waals surface area contributed by atoms with Gasteiger partial charge in [-0.2, -0.15) is 0 Å². The molecule has 1 heterocycles. The van der Waals surface area contributed by atoms with Crippen LogP contribution in [0, 0.1) is 6.92 Å². The predicted molar refractivity (Wildman–Crippen MR) is 91.9 cm³/mol. The molecule has 0 radical (unpaired) electrons. The number of anilines is 2. The van der Waals surface area contributed by atoms with Crippen molar-refractivity contribution in [2.75, 3.05) is 16.4 Å². The van der Waals surface area contributed by atoms with Gasteiger partial charge in [-0.25, -0.2) is 0 Å². The molecule has 2 amide bonds. The number of carbonyl (C=O) groups is 2. The van der Waals surface area contributed by atoms with Gasteiger partial charge in [-0.15, -0.1) is 11.8 Å². The molecule has 1 aromatic heterocycles. The second kappa shape index (κ2) is 8.03. The molecule has 23 heavy (non-hydrogen) atoms. The Kier molecular flexibility index (Phi) is 6.06. The van der Waals surface area contributed by atoms with E-state index in [1.165, 1.54) is 11.8 Å². The Morgan fingerprint density at radius 1 is 1.35 bits per heavy atom. The van der Waals surface area contributed by atoms with Crippen LogP contribution >= 0.6 is 23.4 Å². The third kappa shape index (κ3) is 5.61. The summed E-state index contributed by atoms with van der Waals surface area (Å²) in [6, 6.07) is 8.51. The van der Waals surface area contributed by atoms with Gasteiger partial charge in [0, 0.05) is 16.8 Å². The van der Waals surface area contributed by atoms with Crippen molar-refractivity contribution in [3.05, 3.63) is 41.1 Å². The zero-order valence-electron chi connectivity index (χ0n) is 12.6. The lowest BCUT2D eigenvalue weighted by molar-refractivity contribution is -0.115. The summed E-state index contributed by atoms with van der Waals surface area (Å²) in [5, 5.41) is 9.19. The van der Waals surface area contributed by atoms with Crippen molar-refractivity contribution in [3.63, 3.8) is 0 Å². The summed E-state index contributed by atoms with van der Waals surface area (Å²) in [7, 11) is 0. The highest BCUT2D eigenvalue weighted by molar-refractivity contribution is 8.01. The quantitative estimate of drug-likeness (QED) is 0.832. The van der Waals surface area contributed by atoms with Crippen LogP contribution in [0.4, 0.5) is 11.5 Å². The minimum absolute atomic E-state index is 0.152. The standard InChI is InChI=1S/C15H16ClN3O3S/c1-9-6-13(19-22-9)18-15(21)10(2)23-8-14(20)17-12-5-3-4-11(16)7-12/h3-7,10H,8H2,1-2H3,(H,17,20)(H,18,19,21). The Hall–Kier alpha value is -1.99. The molecule has 0 saturated carbocycles. The van der Waals surface area contributed by atoms with Crippen LogP contribution in [0.1, 0.15) is 12.7 Å². The molecule has 1 unspecified atom stereocenters. The number of thioether (sulfide) groups is 1. The van der Waals surface area contributed by atoms with Crippen LogP contribution in [0.15, 0.2) is 34.9 Å². The first-order valence-corrected chi connectivity index (χ1v) is 8.28. The second-order valence-electron chi connectivity index (χ2n) is 4.82. The Balaban J connectivity index is 1.77. The number of benzene rings is 1. The van der Waals surface area contributed by atoms with Crippen LogP contribution in [-0.2, 0) is 9.59 Å². The SMILES string of the molecule is Cc1cc(NC(=O)C(C)SCC(=O)Nc2cccc(Cl)c2)no1. The van der Waals surface area contributed by atoms with Gasteiger partial charge in [0.25, 0.3) is 0 Å². The van der Waals surface area contributed by atoms with Gasteiger partial charge in [0.1, 0.15) is 5.76 Å². The van der Waals surface area contributed by atoms with Gasteiger partial charge in [0.05, 0.1) is 11.0 Å². The summed E-state index contributed by atoms with van der Waals surface area (Å²) >= 11 is 7.08. The molecule has 2 rings (SSSR count). The van der Waals surface area contributed by atoms with Gasteiger partial charge in [0.15, 0.2) is 5.82 Å². The van der Waals surface area contributed by atoms with Crippen LogP contribution in [0.25, 0.3) is 0 Å². The molecule has 2 aromatic rings. The van der Waals surface area contributed by atoms with Crippen molar-refractivity contribution >= 4 is 46.7 Å². The minimum atomic E-state index is -0.405. The van der Waals surface area contributed by atoms with Gasteiger partial charge in [0.2, 0.25) is 11.8 Å². The summed E-state index contributed by atoms with van der Waals surface area (Å²) in [6.07, 6.45) is 0. The summed E-state index contributed by atoms with van der Waals surface area (Å²) in [5.41, 5.74) is 0.623. The van der Waals surface area contributed by atoms with Gasteiger partial charge in [-0.1, -0.05) is 22.8 Å². The van der Waals surface area contributed by atoms with Crippen LogP contribution in [0.5, 0.6) is 0 Å². The Morgan fingerprint density at radius 3 is 2.78 bits per heavy atom. The number of amides is 2. The molecule has 0 saturated heterocycles. The van der Waals surface area contributed by atoms with Gasteiger partial charge in [-0.3, -0.25) is 9.59 Å². The Morgan fingerprint density at radius 2 is 2.13 bits per heavy atom. The number of halogens is 1. The van der Waals surface area contributed by atoms with E-state index in [-0.39, 0.29) is 17.6 Å². The van der Waals surface area contributed by atoms with E-state index < -0.39 is 5.25 Å². The van der Waals surface area contributed by atoms with Gasteiger partial charge in [-0.05, 0) is 32.0 Å². The summed E-state index contributed by atoms with van der Waals surface area (Å²) in [6.45, 7) is 3.46. The third-order valence-corrected chi connectivity index (χ3v) is 4.20. The van der Waals surface area contributed by atoms with Crippen molar-refractivity contribution in [1.29, 1.82) is 0 Å². The highest BCUT2D eigenvalue weighted by Gasteiger charge is 2.16. The number of aromatic nitrogens is 1. The smallest absolute Gasteiger partial charge is 0.238 e. The van der Waals surface area contributed by atoms with Crippen molar-refractivity contribution in [2.24, 2.45) is 0 Å². The molecule has 0 bridgehead atoms. The minimum Gasteiger partial charge on any atom is -0.360 e. The fraction of sp³-hybridized carbons (Fsp3) is 0.267. The number of hydrogen-bond acceptors (Lipinski definition) is 5. The number of rotatable bonds is 6. The zero-order valence-corrected chi connectivity index (χ0v) is 14.2. The van der Waals surface area contributed by atoms with Gasteiger partial charge < -0.3 is 15.2 Å². The van der Waals surface area contributed by atoms with E-state index in [0.29, 0.717) is 22.3 Å². The Labute approximate surface area is 142 Å². The van der Waals surface area contributed by atoms with Crippen molar-refractivity contribution in [3.8, 4) is 0 Å². The molecule has 6 nitrogen and oxygen atoms in total. The normalized spacial score (nSPS) is 11.8. The number of hydrogen-bond donors (Lipinski definition) is 2. The highest BCUT2D eigenvalue weighted by atomic mass is 35.5. The predicted octanol–water partition coefficient (Wildman–Crippen LogP) is 3.34. The van der Waals surface area contributed by atoms with Crippen molar-refractivity contribution in [1.82, 2.24) is 5.16 Å². The van der Waals surface area contributed by atoms with Crippen molar-refractivity contribution < 1.29 is 14.1 Å². The van der Waals surface area contributed by atoms with E-state index >= 15 is 0 Å². The zero-order chi connectivity index (χ0) is 16.8. The van der Waals surface area contributed by atoms with E-state index in [4.69, 9.17) is 16.1 Å². The molecular formula is C15H16ClN3O3S. The van der Waals surface area contributed by atoms with E-state index in [0.717, 1.165) is 0 Å². The molecule has 0 aliphatic heterocycles. The van der Waals surface area contributed by atoms with E-state index in [9.17, 15) is 9.59 Å². The first-order chi connectivity index (χ1) is 10.9. The lowest BCUT2D eigenvalue weighted by atomic mass is 10.3. The largest absolute Gasteiger partial charge is 0.360 e. The van der Waals surface area contributed by atoms with Gasteiger partial charge >= 0.3 is 0 Å². The molecule has 0 aliphatic carbocycles. The molecule has 1 aromatic carbocycles. The average molecular weight is 354 g/mol. The van der Waals surface area contributed by atoms with E-state index in [1.54, 1.807) is 44.2 Å². The lowest BCUT2D eigenvalue weighted by Crippen LogP contribution is -2.25. The lowest BCUT2D eigenvalue weighted by Gasteiger charge is -2.10. The molecule has 8 heteroatoms. The van der Waals surface area contributed by atoms with E-state index in [2.05, 4.69) is 15.8 Å². The molecule has 122 valence electrons. The molecule has 1 atom stereocenters. The van der Waals surface area contributed by atoms with Crippen molar-refractivity contribution in [2.45, 2.75) is 19.1 Å². The molecule has 0 fully saturated rings. The average Bonchev–Trinajstić information content (AvgIpc) is 2.90. The maximum Gasteiger partial charge on any atom is 0.238 e. The molecule has 0 spiro atoms. The fourth-order valence-corrected chi connectivity index (χ4v) is 2.57. The summed E-state index contributed by atoms with van der Waals surface area (Å²) < 4.78 is 4.87. The van der Waals surface area contributed by atoms with Crippen LogP contribution in [0.2, 0.25) is 5.02 Å². The molecule has 2 N–H and O–H groups in total. The second-order valence-corrected chi connectivity index (χ2v) is 6.59. The van der Waals surface area contributed by atoms with Crippen LogP contribution < -0.4 is 10.6 Å². The topological polar surface area (TPSA) is 84.2 Å². The highest BCUT2D eigenvalue weighted by Crippen LogP contribution is 2.17. The molecule has 0 aliphatic rings. The Bertz CT molecular complexity index is 705. The summed E-state index contributed by atoms with van der Waals surface area (Å²) in [5.74, 6) is 0.691. The van der Waals surface area contributed by atoms with Crippen LogP contribution in [0.3, 0.4) is 0 Å². The summed E-state index contributed by atoms with van der Waals surface area (Å²) in [4.78, 5) is 23.9. The van der Waals surface area contributed by atoms with Crippen LogP contribution in [-0.4, -0.2) is 28.0 Å². The maximum absolute atomic E-state index is 12.0.